The maximum atomic E-state index is 12.1. The van der Waals surface area contributed by atoms with Gasteiger partial charge in [-0.2, -0.15) is 0 Å². The van der Waals surface area contributed by atoms with E-state index >= 15 is 0 Å². The number of hydrogen-bond acceptors (Lipinski definition) is 4. The fourth-order valence-corrected chi connectivity index (χ4v) is 2.68. The van der Waals surface area contributed by atoms with Crippen molar-refractivity contribution in [3.8, 4) is 5.75 Å². The molecule has 1 N–H and O–H groups in total. The number of methoxy groups -OCH3 is 1. The summed E-state index contributed by atoms with van der Waals surface area (Å²) < 4.78 is 10.3. The second kappa shape index (κ2) is 8.41. The lowest BCUT2D eigenvalue weighted by molar-refractivity contribution is -0.132. The molecule has 6 nitrogen and oxygen atoms in total. The van der Waals surface area contributed by atoms with E-state index in [9.17, 15) is 9.59 Å². The standard InChI is InChI=1S/C17H24N2O4/c1-13-5-3-7-15(9-13)23-12-14-6-4-8-19(11-14)16(20)10-18-17(21)22-2/h3,5,7,9,14H,4,6,8,10-12H2,1-2H3,(H,18,21). The normalized spacial score (nSPS) is 17.5. The summed E-state index contributed by atoms with van der Waals surface area (Å²) in [6, 6.07) is 7.95. The van der Waals surface area contributed by atoms with Gasteiger partial charge in [0.2, 0.25) is 5.91 Å². The lowest BCUT2D eigenvalue weighted by Crippen LogP contribution is -2.46. The van der Waals surface area contributed by atoms with Crippen molar-refractivity contribution in [1.29, 1.82) is 0 Å². The van der Waals surface area contributed by atoms with Gasteiger partial charge in [0.25, 0.3) is 0 Å². The predicted molar refractivity (Wildman–Crippen MR) is 86.4 cm³/mol. The first-order valence-corrected chi connectivity index (χ1v) is 7.87. The van der Waals surface area contributed by atoms with Crippen molar-refractivity contribution in [2.45, 2.75) is 19.8 Å². The third kappa shape index (κ3) is 5.47. The van der Waals surface area contributed by atoms with Gasteiger partial charge in [-0.05, 0) is 37.5 Å². The minimum atomic E-state index is -0.588. The van der Waals surface area contributed by atoms with E-state index < -0.39 is 6.09 Å². The van der Waals surface area contributed by atoms with Crippen molar-refractivity contribution in [3.63, 3.8) is 0 Å². The van der Waals surface area contributed by atoms with Crippen molar-refractivity contribution in [1.82, 2.24) is 10.2 Å². The van der Waals surface area contributed by atoms with Crippen LogP contribution in [-0.2, 0) is 9.53 Å². The first-order valence-electron chi connectivity index (χ1n) is 7.87. The molecule has 1 saturated heterocycles. The van der Waals surface area contributed by atoms with Crippen LogP contribution in [0.4, 0.5) is 4.79 Å². The Morgan fingerprint density at radius 3 is 2.96 bits per heavy atom. The van der Waals surface area contributed by atoms with Gasteiger partial charge >= 0.3 is 6.09 Å². The third-order valence-electron chi connectivity index (χ3n) is 3.92. The summed E-state index contributed by atoms with van der Waals surface area (Å²) in [5, 5.41) is 2.42. The monoisotopic (exact) mass is 320 g/mol. The maximum Gasteiger partial charge on any atom is 0.407 e. The fourth-order valence-electron chi connectivity index (χ4n) is 2.68. The molecule has 0 aromatic heterocycles. The molecule has 0 bridgehead atoms. The van der Waals surface area contributed by atoms with Crippen molar-refractivity contribution in [2.24, 2.45) is 5.92 Å². The molecule has 0 radical (unpaired) electrons. The molecule has 6 heteroatoms. The number of aryl methyl sites for hydroxylation is 1. The Balaban J connectivity index is 1.78. The second-order valence-electron chi connectivity index (χ2n) is 5.82. The van der Waals surface area contributed by atoms with E-state index in [-0.39, 0.29) is 12.5 Å². The van der Waals surface area contributed by atoms with Gasteiger partial charge in [-0.1, -0.05) is 12.1 Å². The van der Waals surface area contributed by atoms with Crippen molar-refractivity contribution in [2.75, 3.05) is 33.4 Å². The van der Waals surface area contributed by atoms with Crippen LogP contribution in [0.15, 0.2) is 24.3 Å². The smallest absolute Gasteiger partial charge is 0.407 e. The fraction of sp³-hybridized carbons (Fsp3) is 0.529. The van der Waals surface area contributed by atoms with E-state index in [0.717, 1.165) is 30.7 Å². The van der Waals surface area contributed by atoms with Gasteiger partial charge in [-0.15, -0.1) is 0 Å². The number of nitrogens with one attached hydrogen (secondary N) is 1. The quantitative estimate of drug-likeness (QED) is 0.900. The number of benzene rings is 1. The number of alkyl carbamates (subject to hydrolysis) is 1. The number of nitrogens with zero attached hydrogens (tertiary/aromatic N) is 1. The van der Waals surface area contributed by atoms with Gasteiger partial charge in [0, 0.05) is 19.0 Å². The molecule has 1 fully saturated rings. The largest absolute Gasteiger partial charge is 0.493 e. The highest BCUT2D eigenvalue weighted by atomic mass is 16.5. The Morgan fingerprint density at radius 1 is 1.39 bits per heavy atom. The number of ether oxygens (including phenoxy) is 2. The highest BCUT2D eigenvalue weighted by Gasteiger charge is 2.24. The second-order valence-corrected chi connectivity index (χ2v) is 5.82. The molecule has 2 amide bonds. The SMILES string of the molecule is COC(=O)NCC(=O)N1CCCC(COc2cccc(C)c2)C1. The van der Waals surface area contributed by atoms with Crippen LogP contribution in [0.25, 0.3) is 0 Å². The topological polar surface area (TPSA) is 67.9 Å². The number of amides is 2. The number of carbonyl (C=O) groups excluding carboxylic acids is 2. The molecule has 1 aliphatic rings. The van der Waals surface area contributed by atoms with Crippen molar-refractivity contribution < 1.29 is 19.1 Å². The van der Waals surface area contributed by atoms with E-state index in [1.165, 1.54) is 7.11 Å². The zero-order chi connectivity index (χ0) is 16.7. The predicted octanol–water partition coefficient (Wildman–Crippen LogP) is 1.97. The van der Waals surface area contributed by atoms with Crippen LogP contribution in [0.5, 0.6) is 5.75 Å². The Kier molecular flexibility index (Phi) is 6.26. The number of likely N-dealkylation sites (tertiary alicyclic amines) is 1. The highest BCUT2D eigenvalue weighted by Crippen LogP contribution is 2.19. The van der Waals surface area contributed by atoms with Crippen LogP contribution in [0.3, 0.4) is 0 Å². The van der Waals surface area contributed by atoms with Gasteiger partial charge in [-0.3, -0.25) is 4.79 Å². The molecule has 1 aromatic rings. The molecule has 1 heterocycles. The van der Waals surface area contributed by atoms with E-state index in [0.29, 0.717) is 19.1 Å². The minimum absolute atomic E-state index is 0.0296. The number of hydrogen-bond donors (Lipinski definition) is 1. The summed E-state index contributed by atoms with van der Waals surface area (Å²) in [4.78, 5) is 24.9. The minimum Gasteiger partial charge on any atom is -0.493 e. The number of rotatable bonds is 5. The molecule has 1 atom stereocenters. The van der Waals surface area contributed by atoms with E-state index in [1.54, 1.807) is 4.90 Å². The molecule has 0 saturated carbocycles. The third-order valence-corrected chi connectivity index (χ3v) is 3.92. The van der Waals surface area contributed by atoms with Crippen LogP contribution >= 0.6 is 0 Å². The van der Waals surface area contributed by atoms with Crippen LogP contribution < -0.4 is 10.1 Å². The van der Waals surface area contributed by atoms with Crippen LogP contribution in [0, 0.1) is 12.8 Å². The van der Waals surface area contributed by atoms with Crippen LogP contribution in [0.1, 0.15) is 18.4 Å². The average molecular weight is 320 g/mol. The lowest BCUT2D eigenvalue weighted by atomic mass is 9.99. The van der Waals surface area contributed by atoms with Crippen LogP contribution in [0.2, 0.25) is 0 Å². The summed E-state index contributed by atoms with van der Waals surface area (Å²) in [7, 11) is 1.28. The molecule has 2 rings (SSSR count). The summed E-state index contributed by atoms with van der Waals surface area (Å²) in [6.07, 6.45) is 1.40. The first kappa shape index (κ1) is 17.1. The van der Waals surface area contributed by atoms with Crippen LogP contribution in [-0.4, -0.2) is 50.3 Å². The van der Waals surface area contributed by atoms with Crippen molar-refractivity contribution >= 4 is 12.0 Å². The van der Waals surface area contributed by atoms with Gasteiger partial charge in [0.05, 0.1) is 13.7 Å². The Hall–Kier alpha value is -2.24. The molecule has 1 unspecified atom stereocenters. The number of piperidine rings is 1. The molecule has 126 valence electrons. The van der Waals surface area contributed by atoms with Gasteiger partial charge in [0.1, 0.15) is 12.3 Å². The molecule has 23 heavy (non-hydrogen) atoms. The maximum absolute atomic E-state index is 12.1. The summed E-state index contributed by atoms with van der Waals surface area (Å²) in [5.74, 6) is 1.09. The zero-order valence-electron chi connectivity index (χ0n) is 13.7. The molecule has 1 aliphatic heterocycles. The molecule has 1 aromatic carbocycles. The molecular formula is C17H24N2O4. The van der Waals surface area contributed by atoms with E-state index in [1.807, 2.05) is 31.2 Å². The molecular weight excluding hydrogens is 296 g/mol. The Labute approximate surface area is 136 Å². The summed E-state index contributed by atoms with van der Waals surface area (Å²) >= 11 is 0. The first-order chi connectivity index (χ1) is 11.1. The Bertz CT molecular complexity index is 547. The van der Waals surface area contributed by atoms with E-state index in [4.69, 9.17) is 4.74 Å². The van der Waals surface area contributed by atoms with Gasteiger partial charge in [-0.25, -0.2) is 4.79 Å². The summed E-state index contributed by atoms with van der Waals surface area (Å²) in [6.45, 7) is 3.98. The van der Waals surface area contributed by atoms with Gasteiger partial charge < -0.3 is 19.7 Å². The zero-order valence-corrected chi connectivity index (χ0v) is 13.7. The van der Waals surface area contributed by atoms with E-state index in [2.05, 4.69) is 10.1 Å². The highest BCUT2D eigenvalue weighted by molar-refractivity contribution is 5.82. The Morgan fingerprint density at radius 2 is 2.22 bits per heavy atom. The number of carbonyl (C=O) groups is 2. The average Bonchev–Trinajstić information content (AvgIpc) is 2.58. The summed E-state index contributed by atoms with van der Waals surface area (Å²) in [5.41, 5.74) is 1.16. The molecule has 0 spiro atoms. The molecule has 0 aliphatic carbocycles. The van der Waals surface area contributed by atoms with Crippen molar-refractivity contribution in [3.05, 3.63) is 29.8 Å². The van der Waals surface area contributed by atoms with Gasteiger partial charge in [0.15, 0.2) is 0 Å². The lowest BCUT2D eigenvalue weighted by Gasteiger charge is -2.32.